The van der Waals surface area contributed by atoms with Crippen LogP contribution in [0.15, 0.2) is 54.6 Å². The number of anilines is 1. The van der Waals surface area contributed by atoms with E-state index < -0.39 is 11.0 Å². The lowest BCUT2D eigenvalue weighted by Crippen LogP contribution is -2.48. The van der Waals surface area contributed by atoms with Gasteiger partial charge >= 0.3 is 0 Å². The van der Waals surface area contributed by atoms with Crippen LogP contribution >= 0.6 is 0 Å². The van der Waals surface area contributed by atoms with Gasteiger partial charge in [-0.2, -0.15) is 0 Å². The summed E-state index contributed by atoms with van der Waals surface area (Å²) in [6, 6.07) is 17.9. The molecule has 2 aromatic rings. The Hall–Kier alpha value is -2.66. The molecule has 2 amide bonds. The van der Waals surface area contributed by atoms with E-state index in [9.17, 15) is 9.59 Å². The summed E-state index contributed by atoms with van der Waals surface area (Å²) >= 11 is 0. The highest BCUT2D eigenvalue weighted by Crippen LogP contribution is 2.46. The van der Waals surface area contributed by atoms with Gasteiger partial charge in [-0.05, 0) is 43.9 Å². The number of amides is 2. The van der Waals surface area contributed by atoms with Gasteiger partial charge in [0.15, 0.2) is 0 Å². The van der Waals surface area contributed by atoms with Crippen molar-refractivity contribution in [3.63, 3.8) is 0 Å². The van der Waals surface area contributed by atoms with E-state index in [2.05, 4.69) is 5.32 Å². The molecule has 1 atom stereocenters. The Morgan fingerprint density at radius 2 is 1.76 bits per heavy atom. The molecule has 0 saturated heterocycles. The molecule has 0 saturated carbocycles. The number of hydrogen-bond acceptors (Lipinski definition) is 3. The predicted octanol–water partition coefficient (Wildman–Crippen LogP) is 3.46. The summed E-state index contributed by atoms with van der Waals surface area (Å²) in [6.07, 6.45) is 1.30. The van der Waals surface area contributed by atoms with Crippen LogP contribution in [-0.4, -0.2) is 38.1 Å². The zero-order valence-electron chi connectivity index (χ0n) is 17.7. The normalized spacial score (nSPS) is 18.6. The molecule has 1 aliphatic heterocycles. The summed E-state index contributed by atoms with van der Waals surface area (Å²) in [4.78, 5) is 27.9. The van der Waals surface area contributed by atoms with Crippen LogP contribution in [0, 0.1) is 0 Å². The molecule has 0 spiro atoms. The van der Waals surface area contributed by atoms with E-state index in [-0.39, 0.29) is 18.2 Å². The van der Waals surface area contributed by atoms with Gasteiger partial charge in [0.25, 0.3) is 0 Å². The second-order valence-corrected chi connectivity index (χ2v) is 8.49. The van der Waals surface area contributed by atoms with Crippen molar-refractivity contribution in [1.29, 1.82) is 0 Å². The van der Waals surface area contributed by atoms with Crippen LogP contribution in [0.3, 0.4) is 0 Å². The van der Waals surface area contributed by atoms with Crippen LogP contribution in [0.5, 0.6) is 0 Å². The van der Waals surface area contributed by atoms with Gasteiger partial charge in [0.05, 0.1) is 17.6 Å². The average Bonchev–Trinajstić information content (AvgIpc) is 2.89. The van der Waals surface area contributed by atoms with Crippen LogP contribution < -0.4 is 10.2 Å². The topological polar surface area (TPSA) is 58.6 Å². The molecule has 0 fully saturated rings. The van der Waals surface area contributed by atoms with E-state index in [1.54, 1.807) is 12.0 Å². The van der Waals surface area contributed by atoms with Crippen LogP contribution in [0.25, 0.3) is 0 Å². The maximum Gasteiger partial charge on any atom is 0.237 e. The van der Waals surface area contributed by atoms with Crippen LogP contribution in [-0.2, 0) is 26.2 Å². The Kier molecular flexibility index (Phi) is 6.08. The summed E-state index contributed by atoms with van der Waals surface area (Å²) in [7, 11) is 3.43. The highest BCUT2D eigenvalue weighted by Gasteiger charge is 2.49. The molecular weight excluding hydrogens is 364 g/mol. The number of nitrogens with one attached hydrogen (secondary N) is 1. The van der Waals surface area contributed by atoms with Crippen LogP contribution in [0.2, 0.25) is 0 Å². The molecule has 1 heterocycles. The predicted molar refractivity (Wildman–Crippen MR) is 115 cm³/mol. The number of rotatable bonds is 8. The van der Waals surface area contributed by atoms with Crippen molar-refractivity contribution in [1.82, 2.24) is 5.32 Å². The van der Waals surface area contributed by atoms with Crippen molar-refractivity contribution in [3.8, 4) is 0 Å². The maximum absolute atomic E-state index is 13.5. The number of carbonyl (C=O) groups excluding carboxylic acids is 2. The number of fused-ring (bicyclic) bond motifs is 1. The molecule has 0 bridgehead atoms. The number of benzene rings is 2. The Morgan fingerprint density at radius 3 is 2.45 bits per heavy atom. The number of hydrogen-bond donors (Lipinski definition) is 1. The van der Waals surface area contributed by atoms with Gasteiger partial charge in [-0.25, -0.2) is 0 Å². The quantitative estimate of drug-likeness (QED) is 0.746. The van der Waals surface area contributed by atoms with Crippen molar-refractivity contribution in [2.45, 2.75) is 44.1 Å². The van der Waals surface area contributed by atoms with Gasteiger partial charge in [-0.3, -0.25) is 9.59 Å². The number of nitrogens with zero attached hydrogens (tertiary/aromatic N) is 1. The lowest BCUT2D eigenvalue weighted by Gasteiger charge is -2.30. The van der Waals surface area contributed by atoms with E-state index in [1.165, 1.54) is 0 Å². The molecule has 0 radical (unpaired) electrons. The number of carbonyl (C=O) groups is 2. The monoisotopic (exact) mass is 394 g/mol. The fraction of sp³-hybridized carbons (Fsp3) is 0.417. The zero-order chi connectivity index (χ0) is 21.1. The summed E-state index contributed by atoms with van der Waals surface area (Å²) in [5, 5.41) is 3.02. The van der Waals surface area contributed by atoms with Crippen molar-refractivity contribution < 1.29 is 14.3 Å². The van der Waals surface area contributed by atoms with Crippen molar-refractivity contribution in [2.75, 3.05) is 25.7 Å². The SMILES string of the molecule is COCC(C)(C)NC(=O)CC[C@@]1(Cc2ccccc2)C(=O)N(C)c2ccccc21. The van der Waals surface area contributed by atoms with E-state index in [0.717, 1.165) is 16.8 Å². The molecule has 5 heteroatoms. The zero-order valence-corrected chi connectivity index (χ0v) is 17.7. The fourth-order valence-electron chi connectivity index (χ4n) is 4.33. The number of para-hydroxylation sites is 1. The lowest BCUT2D eigenvalue weighted by atomic mass is 9.73. The largest absolute Gasteiger partial charge is 0.382 e. The molecule has 0 unspecified atom stereocenters. The Morgan fingerprint density at radius 1 is 1.10 bits per heavy atom. The standard InChI is InChI=1S/C24H30N2O3/c1-23(2,17-29-4)25-21(27)14-15-24(16-18-10-6-5-7-11-18)19-12-8-9-13-20(19)26(3)22(24)28/h5-13H,14-17H2,1-4H3,(H,25,27)/t24-/m0/s1. The number of ether oxygens (including phenoxy) is 1. The number of likely N-dealkylation sites (N-methyl/N-ethyl adjacent to an activating group) is 1. The lowest BCUT2D eigenvalue weighted by molar-refractivity contribution is -0.125. The van der Waals surface area contributed by atoms with Crippen molar-refractivity contribution in [3.05, 3.63) is 65.7 Å². The molecule has 0 aliphatic carbocycles. The Balaban J connectivity index is 1.89. The molecular formula is C24H30N2O3. The smallest absolute Gasteiger partial charge is 0.237 e. The Bertz CT molecular complexity index is 879. The third-order valence-corrected chi connectivity index (χ3v) is 5.61. The first kappa shape index (κ1) is 21.1. The molecule has 2 aromatic carbocycles. The molecule has 0 aromatic heterocycles. The molecule has 1 aliphatic rings. The van der Waals surface area contributed by atoms with Crippen molar-refractivity contribution >= 4 is 17.5 Å². The fourth-order valence-corrected chi connectivity index (χ4v) is 4.33. The minimum Gasteiger partial charge on any atom is -0.382 e. The minimum absolute atomic E-state index is 0.0477. The van der Waals surface area contributed by atoms with Gasteiger partial charge in [0.2, 0.25) is 11.8 Å². The third-order valence-electron chi connectivity index (χ3n) is 5.61. The second kappa shape index (κ2) is 8.37. The average molecular weight is 395 g/mol. The third kappa shape index (κ3) is 4.35. The van der Waals surface area contributed by atoms with Crippen molar-refractivity contribution in [2.24, 2.45) is 0 Å². The molecule has 5 nitrogen and oxygen atoms in total. The van der Waals surface area contributed by atoms with Crippen LogP contribution in [0.4, 0.5) is 5.69 Å². The van der Waals surface area contributed by atoms with Gasteiger partial charge < -0.3 is 15.0 Å². The van der Waals surface area contributed by atoms with Gasteiger partial charge in [0, 0.05) is 26.3 Å². The summed E-state index contributed by atoms with van der Waals surface area (Å²) in [6.45, 7) is 4.29. The first-order chi connectivity index (χ1) is 13.8. The van der Waals surface area contributed by atoms with Gasteiger partial charge in [-0.15, -0.1) is 0 Å². The Labute approximate surface area is 173 Å². The van der Waals surface area contributed by atoms with E-state index in [0.29, 0.717) is 19.4 Å². The minimum atomic E-state index is -0.741. The van der Waals surface area contributed by atoms with Gasteiger partial charge in [-0.1, -0.05) is 48.5 Å². The number of methoxy groups -OCH3 is 1. The molecule has 3 rings (SSSR count). The molecule has 29 heavy (non-hydrogen) atoms. The first-order valence-electron chi connectivity index (χ1n) is 10.0. The highest BCUT2D eigenvalue weighted by molar-refractivity contribution is 6.08. The molecule has 1 N–H and O–H groups in total. The molecule has 154 valence electrons. The maximum atomic E-state index is 13.5. The highest BCUT2D eigenvalue weighted by atomic mass is 16.5. The summed E-state index contributed by atoms with van der Waals surface area (Å²) < 4.78 is 5.19. The van der Waals surface area contributed by atoms with E-state index in [4.69, 9.17) is 4.74 Å². The first-order valence-corrected chi connectivity index (χ1v) is 10.0. The van der Waals surface area contributed by atoms with Gasteiger partial charge in [0.1, 0.15) is 0 Å². The van der Waals surface area contributed by atoms with E-state index >= 15 is 0 Å². The summed E-state index contributed by atoms with van der Waals surface area (Å²) in [5.41, 5.74) is 1.82. The summed E-state index contributed by atoms with van der Waals surface area (Å²) in [5.74, 6) is -0.0224. The second-order valence-electron chi connectivity index (χ2n) is 8.49. The van der Waals surface area contributed by atoms with E-state index in [1.807, 2.05) is 75.5 Å². The van der Waals surface area contributed by atoms with Crippen LogP contribution in [0.1, 0.15) is 37.8 Å².